The van der Waals surface area contributed by atoms with E-state index < -0.39 is 25.7 Å². The minimum Gasteiger partial charge on any atom is -0.396 e. The summed E-state index contributed by atoms with van der Waals surface area (Å²) in [6.45, 7) is 7.13. The first-order valence-electron chi connectivity index (χ1n) is 12.8. The molecule has 37 heavy (non-hydrogen) atoms. The topological polar surface area (TPSA) is 82.1 Å². The smallest absolute Gasteiger partial charge is 0.264 e. The molecule has 4 atom stereocenters. The van der Waals surface area contributed by atoms with Crippen LogP contribution in [0.15, 0.2) is 46.9 Å². The van der Waals surface area contributed by atoms with E-state index >= 15 is 4.11 Å². The van der Waals surface area contributed by atoms with E-state index in [1.807, 2.05) is 49.4 Å². The molecule has 3 heterocycles. The van der Waals surface area contributed by atoms with Crippen LogP contribution in [0.25, 0.3) is 0 Å². The number of anilines is 2. The first kappa shape index (κ1) is 26.5. The Balaban J connectivity index is 1.49. The van der Waals surface area contributed by atoms with Gasteiger partial charge in [0.15, 0.2) is 5.60 Å². The second kappa shape index (κ2) is 9.89. The lowest BCUT2D eigenvalue weighted by Gasteiger charge is -2.31. The van der Waals surface area contributed by atoms with E-state index in [1.54, 1.807) is 22.9 Å². The van der Waals surface area contributed by atoms with Crippen molar-refractivity contribution in [1.82, 2.24) is 5.32 Å². The first-order chi connectivity index (χ1) is 17.6. The Labute approximate surface area is 226 Å². The molecule has 0 aromatic heterocycles. The molecule has 2 fully saturated rings. The number of piperazine rings is 1. The molecule has 5 rings (SSSR count). The standard InChI is InChI=1S/C27H33BrFN3O4Si/c1-17-25(37(2,3)29)23(10-13-33)36-27(17)21-14-19(28)6-9-22(21)32(26(27)35)16-18-4-7-20(8-5-18)31-12-11-30-15-24(31)34/h4-9,14,17,23,25,30,33H,10-13,15-16H2,1-3H3/t17-,23+,25-,27+/m1/s1. The number of carbonyl (C=O) groups excluding carboxylic acids is 2. The van der Waals surface area contributed by atoms with Gasteiger partial charge in [-0.15, -0.1) is 0 Å². The van der Waals surface area contributed by atoms with Crippen molar-refractivity contribution in [1.29, 1.82) is 0 Å². The first-order valence-corrected chi connectivity index (χ1v) is 16.5. The Morgan fingerprint density at radius 1 is 1.22 bits per heavy atom. The van der Waals surface area contributed by atoms with Crippen LogP contribution in [0.4, 0.5) is 15.5 Å². The van der Waals surface area contributed by atoms with Gasteiger partial charge in [0.05, 0.1) is 24.9 Å². The monoisotopic (exact) mass is 589 g/mol. The molecular weight excluding hydrogens is 557 g/mol. The number of hydrogen-bond donors (Lipinski definition) is 2. The third kappa shape index (κ3) is 4.46. The maximum absolute atomic E-state index is 15.6. The molecule has 0 saturated carbocycles. The highest BCUT2D eigenvalue weighted by atomic mass is 79.9. The molecule has 3 aliphatic rings. The Bertz CT molecular complexity index is 1210. The predicted octanol–water partition coefficient (Wildman–Crippen LogP) is 4.09. The molecule has 2 aromatic rings. The Morgan fingerprint density at radius 3 is 2.59 bits per heavy atom. The van der Waals surface area contributed by atoms with Gasteiger partial charge in [0.2, 0.25) is 14.3 Å². The van der Waals surface area contributed by atoms with Crippen LogP contribution < -0.4 is 15.1 Å². The van der Waals surface area contributed by atoms with E-state index in [0.717, 1.165) is 33.5 Å². The van der Waals surface area contributed by atoms with E-state index in [9.17, 15) is 14.7 Å². The summed E-state index contributed by atoms with van der Waals surface area (Å²) < 4.78 is 23.0. The van der Waals surface area contributed by atoms with Gasteiger partial charge in [-0.25, -0.2) is 0 Å². The van der Waals surface area contributed by atoms with Crippen molar-refractivity contribution in [2.45, 2.75) is 50.2 Å². The highest BCUT2D eigenvalue weighted by molar-refractivity contribution is 9.10. The zero-order valence-corrected chi connectivity index (χ0v) is 23.9. The molecule has 7 nitrogen and oxygen atoms in total. The highest BCUT2D eigenvalue weighted by Gasteiger charge is 2.66. The second-order valence-corrected chi connectivity index (χ2v) is 15.4. The maximum atomic E-state index is 15.6. The van der Waals surface area contributed by atoms with Gasteiger partial charge in [0, 0.05) is 46.9 Å². The maximum Gasteiger partial charge on any atom is 0.264 e. The summed E-state index contributed by atoms with van der Waals surface area (Å²) in [6.07, 6.45) is -0.238. The summed E-state index contributed by atoms with van der Waals surface area (Å²) >= 11 is 3.55. The highest BCUT2D eigenvalue weighted by Crippen LogP contribution is 2.60. The van der Waals surface area contributed by atoms with Gasteiger partial charge in [-0.05, 0) is 55.4 Å². The molecule has 10 heteroatoms. The molecule has 0 unspecified atom stereocenters. The van der Waals surface area contributed by atoms with E-state index in [0.29, 0.717) is 26.1 Å². The lowest BCUT2D eigenvalue weighted by Crippen LogP contribution is -2.48. The Hall–Kier alpha value is -2.11. The van der Waals surface area contributed by atoms with E-state index in [-0.39, 0.29) is 24.3 Å². The average molecular weight is 591 g/mol. The molecule has 3 aliphatic heterocycles. The fourth-order valence-corrected chi connectivity index (χ4v) is 9.32. The number of amides is 2. The number of fused-ring (bicyclic) bond motifs is 2. The van der Waals surface area contributed by atoms with Gasteiger partial charge in [-0.3, -0.25) is 9.59 Å². The molecule has 198 valence electrons. The molecule has 2 saturated heterocycles. The third-order valence-electron chi connectivity index (χ3n) is 8.01. The largest absolute Gasteiger partial charge is 0.396 e. The summed E-state index contributed by atoms with van der Waals surface area (Å²) in [6, 6.07) is 13.4. The van der Waals surface area contributed by atoms with E-state index in [4.69, 9.17) is 4.74 Å². The summed E-state index contributed by atoms with van der Waals surface area (Å²) in [7, 11) is -3.23. The zero-order chi connectivity index (χ0) is 26.5. The van der Waals surface area contributed by atoms with Gasteiger partial charge in [-0.2, -0.15) is 0 Å². The zero-order valence-electron chi connectivity index (χ0n) is 21.3. The van der Waals surface area contributed by atoms with Crippen molar-refractivity contribution in [3.63, 3.8) is 0 Å². The fourth-order valence-electron chi connectivity index (χ4n) is 6.42. The summed E-state index contributed by atoms with van der Waals surface area (Å²) in [5.41, 5.74) is 1.52. The molecule has 2 amide bonds. The number of carbonyl (C=O) groups is 2. The van der Waals surface area contributed by atoms with E-state index in [1.165, 1.54) is 0 Å². The van der Waals surface area contributed by atoms with Crippen LogP contribution in [-0.2, 0) is 26.5 Å². The molecule has 2 aromatic carbocycles. The molecule has 2 N–H and O–H groups in total. The summed E-state index contributed by atoms with van der Waals surface area (Å²) in [4.78, 5) is 30.0. The Morgan fingerprint density at radius 2 is 1.95 bits per heavy atom. The number of nitrogens with zero attached hydrogens (tertiary/aromatic N) is 2. The normalized spacial score (nSPS) is 27.9. The van der Waals surface area contributed by atoms with Crippen molar-refractivity contribution in [3.05, 3.63) is 58.1 Å². The van der Waals surface area contributed by atoms with E-state index in [2.05, 4.69) is 21.2 Å². The van der Waals surface area contributed by atoms with Crippen molar-refractivity contribution >= 4 is 47.5 Å². The number of rotatable bonds is 6. The van der Waals surface area contributed by atoms with Gasteiger partial charge >= 0.3 is 0 Å². The number of ether oxygens (including phenoxy) is 1. The predicted molar refractivity (Wildman–Crippen MR) is 147 cm³/mol. The number of hydrogen-bond acceptors (Lipinski definition) is 5. The van der Waals surface area contributed by atoms with Gasteiger partial charge < -0.3 is 29.1 Å². The number of nitrogens with one attached hydrogen (secondary N) is 1. The van der Waals surface area contributed by atoms with Crippen molar-refractivity contribution in [2.75, 3.05) is 36.0 Å². The lowest BCUT2D eigenvalue weighted by atomic mass is 9.82. The van der Waals surface area contributed by atoms with Crippen LogP contribution in [0, 0.1) is 5.92 Å². The van der Waals surface area contributed by atoms with Crippen LogP contribution in [0.1, 0.15) is 24.5 Å². The van der Waals surface area contributed by atoms with Gasteiger partial charge in [0.25, 0.3) is 5.91 Å². The quantitative estimate of drug-likeness (QED) is 0.392. The average Bonchev–Trinajstić information content (AvgIpc) is 3.27. The van der Waals surface area contributed by atoms with Crippen LogP contribution in [0.2, 0.25) is 18.6 Å². The molecular formula is C27H33BrFN3O4Si. The van der Waals surface area contributed by atoms with Crippen LogP contribution in [0.5, 0.6) is 0 Å². The molecule has 0 bridgehead atoms. The van der Waals surface area contributed by atoms with Crippen molar-refractivity contribution in [3.8, 4) is 0 Å². The van der Waals surface area contributed by atoms with Gasteiger partial charge in [0.1, 0.15) is 0 Å². The third-order valence-corrected chi connectivity index (χ3v) is 11.0. The molecule has 1 spiro atoms. The number of aliphatic hydroxyl groups excluding tert-OH is 1. The number of aliphatic hydroxyl groups is 1. The summed E-state index contributed by atoms with van der Waals surface area (Å²) in [5, 5.41) is 12.8. The fraction of sp³-hybridized carbons (Fsp3) is 0.481. The second-order valence-electron chi connectivity index (χ2n) is 10.7. The number of halogens is 2. The minimum absolute atomic E-state index is 0.0360. The van der Waals surface area contributed by atoms with Gasteiger partial charge in [-0.1, -0.05) is 35.0 Å². The number of benzene rings is 2. The van der Waals surface area contributed by atoms with Crippen LogP contribution in [0.3, 0.4) is 0 Å². The van der Waals surface area contributed by atoms with Crippen LogP contribution in [-0.4, -0.2) is 57.7 Å². The van der Waals surface area contributed by atoms with Crippen LogP contribution >= 0.6 is 15.9 Å². The Kier molecular flexibility index (Phi) is 7.08. The SMILES string of the molecule is C[C@@H]1[C@@H]([Si](C)(C)F)[C@H](CCO)O[C@@]12C(=O)N(Cc1ccc(N3CCNCC3=O)cc1)c1ccc(Br)cc12. The van der Waals surface area contributed by atoms with Crippen molar-refractivity contribution in [2.24, 2.45) is 5.92 Å². The van der Waals surface area contributed by atoms with Crippen molar-refractivity contribution < 1.29 is 23.5 Å². The molecule has 0 radical (unpaired) electrons. The molecule has 0 aliphatic carbocycles. The summed E-state index contributed by atoms with van der Waals surface area (Å²) in [5.74, 6) is -0.547. The minimum atomic E-state index is -3.23. The lowest BCUT2D eigenvalue weighted by molar-refractivity contribution is -0.146.